The lowest BCUT2D eigenvalue weighted by Crippen LogP contribution is -2.40. The highest BCUT2D eigenvalue weighted by Gasteiger charge is 2.35. The SMILES string of the molecule is NCC1(CCN2CCCCCC2)CCC1. The largest absolute Gasteiger partial charge is 0.330 e. The fourth-order valence-corrected chi connectivity index (χ4v) is 2.99. The van der Waals surface area contributed by atoms with E-state index in [1.165, 1.54) is 71.0 Å². The summed E-state index contributed by atoms with van der Waals surface area (Å²) in [5, 5.41) is 0. The van der Waals surface area contributed by atoms with Gasteiger partial charge in [0.05, 0.1) is 0 Å². The summed E-state index contributed by atoms with van der Waals surface area (Å²) in [6, 6.07) is 0. The molecular formula is C13H26N2. The summed E-state index contributed by atoms with van der Waals surface area (Å²) < 4.78 is 0. The van der Waals surface area contributed by atoms with Gasteiger partial charge in [0.1, 0.15) is 0 Å². The summed E-state index contributed by atoms with van der Waals surface area (Å²) in [4.78, 5) is 2.67. The van der Waals surface area contributed by atoms with E-state index in [4.69, 9.17) is 5.73 Å². The lowest BCUT2D eigenvalue weighted by Gasteiger charge is -2.42. The average Bonchev–Trinajstić information content (AvgIpc) is 2.45. The molecule has 0 aromatic heterocycles. The van der Waals surface area contributed by atoms with Gasteiger partial charge in [0.25, 0.3) is 0 Å². The summed E-state index contributed by atoms with van der Waals surface area (Å²) in [7, 11) is 0. The third-order valence-corrected chi connectivity index (χ3v) is 4.50. The van der Waals surface area contributed by atoms with Gasteiger partial charge in [-0.05, 0) is 63.7 Å². The molecule has 88 valence electrons. The van der Waals surface area contributed by atoms with Crippen LogP contribution in [-0.2, 0) is 0 Å². The first-order valence-electron chi connectivity index (χ1n) is 6.77. The molecule has 2 rings (SSSR count). The molecule has 1 saturated carbocycles. The van der Waals surface area contributed by atoms with Gasteiger partial charge in [0.2, 0.25) is 0 Å². The van der Waals surface area contributed by atoms with Gasteiger partial charge in [-0.2, -0.15) is 0 Å². The van der Waals surface area contributed by atoms with E-state index in [1.807, 2.05) is 0 Å². The van der Waals surface area contributed by atoms with Gasteiger partial charge in [0, 0.05) is 0 Å². The molecule has 0 aromatic carbocycles. The Hall–Kier alpha value is -0.0800. The van der Waals surface area contributed by atoms with Gasteiger partial charge < -0.3 is 10.6 Å². The van der Waals surface area contributed by atoms with Crippen LogP contribution in [0.4, 0.5) is 0 Å². The number of rotatable bonds is 4. The molecule has 0 unspecified atom stereocenters. The van der Waals surface area contributed by atoms with Gasteiger partial charge in [-0.25, -0.2) is 0 Å². The monoisotopic (exact) mass is 210 g/mol. The summed E-state index contributed by atoms with van der Waals surface area (Å²) in [6.07, 6.45) is 11.2. The third kappa shape index (κ3) is 2.94. The highest BCUT2D eigenvalue weighted by atomic mass is 15.1. The average molecular weight is 210 g/mol. The van der Waals surface area contributed by atoms with Crippen molar-refractivity contribution in [1.29, 1.82) is 0 Å². The van der Waals surface area contributed by atoms with Crippen molar-refractivity contribution < 1.29 is 0 Å². The second kappa shape index (κ2) is 5.31. The predicted molar refractivity (Wildman–Crippen MR) is 64.9 cm³/mol. The van der Waals surface area contributed by atoms with E-state index in [-0.39, 0.29) is 0 Å². The number of hydrogen-bond donors (Lipinski definition) is 1. The van der Waals surface area contributed by atoms with Crippen LogP contribution >= 0.6 is 0 Å². The van der Waals surface area contributed by atoms with E-state index >= 15 is 0 Å². The minimum absolute atomic E-state index is 0.548. The van der Waals surface area contributed by atoms with E-state index < -0.39 is 0 Å². The van der Waals surface area contributed by atoms with E-state index in [9.17, 15) is 0 Å². The van der Waals surface area contributed by atoms with E-state index in [1.54, 1.807) is 0 Å². The fourth-order valence-electron chi connectivity index (χ4n) is 2.99. The molecule has 0 amide bonds. The number of likely N-dealkylation sites (tertiary alicyclic amines) is 1. The molecule has 0 aromatic rings. The Labute approximate surface area is 94.2 Å². The molecule has 0 bridgehead atoms. The minimum Gasteiger partial charge on any atom is -0.330 e. The Morgan fingerprint density at radius 1 is 0.933 bits per heavy atom. The molecule has 1 saturated heterocycles. The van der Waals surface area contributed by atoms with Crippen LogP contribution < -0.4 is 5.73 Å². The highest BCUT2D eigenvalue weighted by Crippen LogP contribution is 2.42. The number of nitrogens with two attached hydrogens (primary N) is 1. The van der Waals surface area contributed by atoms with Crippen LogP contribution in [0.5, 0.6) is 0 Å². The van der Waals surface area contributed by atoms with Gasteiger partial charge in [0.15, 0.2) is 0 Å². The van der Waals surface area contributed by atoms with Crippen molar-refractivity contribution in [3.8, 4) is 0 Å². The van der Waals surface area contributed by atoms with Gasteiger partial charge in [-0.3, -0.25) is 0 Å². The molecule has 1 heterocycles. The Morgan fingerprint density at radius 2 is 1.60 bits per heavy atom. The van der Waals surface area contributed by atoms with Crippen LogP contribution in [0.15, 0.2) is 0 Å². The van der Waals surface area contributed by atoms with Crippen LogP contribution in [0.1, 0.15) is 51.4 Å². The number of nitrogens with zero attached hydrogens (tertiary/aromatic N) is 1. The smallest absolute Gasteiger partial charge is 0.00130 e. The van der Waals surface area contributed by atoms with Crippen LogP contribution in [0.3, 0.4) is 0 Å². The van der Waals surface area contributed by atoms with Crippen molar-refractivity contribution in [2.45, 2.75) is 51.4 Å². The second-order valence-corrected chi connectivity index (χ2v) is 5.56. The van der Waals surface area contributed by atoms with Crippen molar-refractivity contribution in [1.82, 2.24) is 4.90 Å². The maximum atomic E-state index is 5.90. The van der Waals surface area contributed by atoms with Gasteiger partial charge >= 0.3 is 0 Å². The van der Waals surface area contributed by atoms with Crippen LogP contribution in [0, 0.1) is 5.41 Å². The fraction of sp³-hybridized carbons (Fsp3) is 1.00. The first-order valence-corrected chi connectivity index (χ1v) is 6.77. The van der Waals surface area contributed by atoms with Gasteiger partial charge in [-0.15, -0.1) is 0 Å². The zero-order valence-electron chi connectivity index (χ0n) is 10.0. The molecule has 0 atom stereocenters. The Balaban J connectivity index is 1.71. The zero-order chi connectivity index (χ0) is 10.6. The molecule has 2 N–H and O–H groups in total. The molecule has 2 fully saturated rings. The van der Waals surface area contributed by atoms with Crippen molar-refractivity contribution in [3.05, 3.63) is 0 Å². The van der Waals surface area contributed by atoms with Crippen molar-refractivity contribution >= 4 is 0 Å². The van der Waals surface area contributed by atoms with E-state index in [2.05, 4.69) is 4.90 Å². The minimum atomic E-state index is 0.548. The molecular weight excluding hydrogens is 184 g/mol. The second-order valence-electron chi connectivity index (χ2n) is 5.56. The molecule has 1 aliphatic heterocycles. The van der Waals surface area contributed by atoms with Crippen LogP contribution in [0.2, 0.25) is 0 Å². The van der Waals surface area contributed by atoms with Crippen LogP contribution in [0.25, 0.3) is 0 Å². The summed E-state index contributed by atoms with van der Waals surface area (Å²) in [5.41, 5.74) is 6.44. The van der Waals surface area contributed by atoms with Crippen LogP contribution in [-0.4, -0.2) is 31.1 Å². The molecule has 2 aliphatic rings. The Morgan fingerprint density at radius 3 is 2.07 bits per heavy atom. The zero-order valence-corrected chi connectivity index (χ0v) is 10.0. The molecule has 15 heavy (non-hydrogen) atoms. The normalized spacial score (nSPS) is 27.0. The van der Waals surface area contributed by atoms with Crippen molar-refractivity contribution in [2.24, 2.45) is 11.1 Å². The maximum absolute atomic E-state index is 5.90. The quantitative estimate of drug-likeness (QED) is 0.772. The number of hydrogen-bond acceptors (Lipinski definition) is 2. The summed E-state index contributed by atoms with van der Waals surface area (Å²) in [6.45, 7) is 4.89. The van der Waals surface area contributed by atoms with E-state index in [0.717, 1.165) is 6.54 Å². The Kier molecular flexibility index (Phi) is 4.04. The van der Waals surface area contributed by atoms with Crippen molar-refractivity contribution in [3.63, 3.8) is 0 Å². The first kappa shape index (κ1) is 11.4. The molecule has 2 nitrogen and oxygen atoms in total. The lowest BCUT2D eigenvalue weighted by atomic mass is 9.66. The molecule has 1 aliphatic carbocycles. The maximum Gasteiger partial charge on any atom is -0.00130 e. The Bertz CT molecular complexity index is 173. The highest BCUT2D eigenvalue weighted by molar-refractivity contribution is 4.89. The van der Waals surface area contributed by atoms with Crippen molar-refractivity contribution in [2.75, 3.05) is 26.2 Å². The predicted octanol–water partition coefficient (Wildman–Crippen LogP) is 2.38. The topological polar surface area (TPSA) is 29.3 Å². The lowest BCUT2D eigenvalue weighted by molar-refractivity contribution is 0.107. The van der Waals surface area contributed by atoms with Gasteiger partial charge in [-0.1, -0.05) is 19.3 Å². The molecule has 0 spiro atoms. The molecule has 0 radical (unpaired) electrons. The first-order chi connectivity index (χ1) is 7.35. The third-order valence-electron chi connectivity index (χ3n) is 4.50. The molecule has 2 heteroatoms. The summed E-state index contributed by atoms with van der Waals surface area (Å²) in [5.74, 6) is 0. The standard InChI is InChI=1S/C13H26N2/c14-12-13(6-5-7-13)8-11-15-9-3-1-2-4-10-15/h1-12,14H2. The summed E-state index contributed by atoms with van der Waals surface area (Å²) >= 11 is 0. The van der Waals surface area contributed by atoms with E-state index in [0.29, 0.717) is 5.41 Å².